The Hall–Kier alpha value is -2.01. The maximum atomic E-state index is 9.83. The van der Waals surface area contributed by atoms with Crippen molar-refractivity contribution in [1.82, 2.24) is 9.55 Å². The van der Waals surface area contributed by atoms with E-state index in [1.165, 1.54) is 0 Å². The van der Waals surface area contributed by atoms with Gasteiger partial charge in [-0.1, -0.05) is 6.92 Å². The van der Waals surface area contributed by atoms with Gasteiger partial charge in [0.2, 0.25) is 0 Å². The molecule has 0 aliphatic rings. The Morgan fingerprint density at radius 1 is 1.38 bits per heavy atom. The molecule has 0 bridgehead atoms. The number of ether oxygens (including phenoxy) is 2. The minimum atomic E-state index is -0.591. The van der Waals surface area contributed by atoms with Crippen molar-refractivity contribution in [2.45, 2.75) is 39.5 Å². The van der Waals surface area contributed by atoms with Crippen molar-refractivity contribution in [2.24, 2.45) is 0 Å². The molecule has 1 N–H and O–H groups in total. The van der Waals surface area contributed by atoms with Crippen molar-refractivity contribution in [3.8, 4) is 11.5 Å². The van der Waals surface area contributed by atoms with Crippen molar-refractivity contribution in [2.75, 3.05) is 7.11 Å². The molecule has 1 heterocycles. The Labute approximate surface area is 125 Å². The first-order chi connectivity index (χ1) is 10.2. The highest BCUT2D eigenvalue weighted by Crippen LogP contribution is 2.30. The summed E-state index contributed by atoms with van der Waals surface area (Å²) in [6.45, 7) is 5.17. The molecule has 21 heavy (non-hydrogen) atoms. The largest absolute Gasteiger partial charge is 0.497 e. The number of imidazole rings is 1. The molecule has 0 spiro atoms. The Bertz CT molecular complexity index is 579. The maximum absolute atomic E-state index is 9.83. The number of hydrogen-bond acceptors (Lipinski definition) is 4. The topological polar surface area (TPSA) is 56.5 Å². The van der Waals surface area contributed by atoms with Gasteiger partial charge in [-0.15, -0.1) is 0 Å². The highest BCUT2D eigenvalue weighted by atomic mass is 16.5. The molecule has 2 rings (SSSR count). The van der Waals surface area contributed by atoms with Crippen LogP contribution in [0, 0.1) is 0 Å². The zero-order valence-corrected chi connectivity index (χ0v) is 12.7. The molecule has 0 amide bonds. The molecule has 1 atom stereocenters. The number of rotatable bonds is 7. The second kappa shape index (κ2) is 7.13. The van der Waals surface area contributed by atoms with E-state index in [1.54, 1.807) is 26.3 Å². The summed E-state index contributed by atoms with van der Waals surface area (Å²) in [6, 6.07) is 5.43. The lowest BCUT2D eigenvalue weighted by Crippen LogP contribution is -2.06. The quantitative estimate of drug-likeness (QED) is 0.852. The number of aromatic nitrogens is 2. The summed E-state index contributed by atoms with van der Waals surface area (Å²) in [5.74, 6) is 1.34. The summed E-state index contributed by atoms with van der Waals surface area (Å²) in [4.78, 5) is 4.15. The second-order valence-electron chi connectivity index (χ2n) is 4.95. The van der Waals surface area contributed by atoms with Crippen LogP contribution < -0.4 is 9.47 Å². The normalized spacial score (nSPS) is 12.2. The molecule has 1 aromatic carbocycles. The molecule has 0 aliphatic heterocycles. The first-order valence-electron chi connectivity index (χ1n) is 7.13. The maximum Gasteiger partial charge on any atom is 0.130 e. The SMILES string of the molecule is CCCn1cncc1COc1cc(OC)ccc1[C@H](C)O. The average Bonchev–Trinajstić information content (AvgIpc) is 2.92. The zero-order valence-electron chi connectivity index (χ0n) is 12.7. The van der Waals surface area contributed by atoms with Crippen molar-refractivity contribution < 1.29 is 14.6 Å². The van der Waals surface area contributed by atoms with E-state index in [0.29, 0.717) is 18.1 Å². The van der Waals surface area contributed by atoms with E-state index >= 15 is 0 Å². The van der Waals surface area contributed by atoms with E-state index in [-0.39, 0.29) is 0 Å². The Morgan fingerprint density at radius 3 is 2.86 bits per heavy atom. The minimum absolute atomic E-state index is 0.410. The third-order valence-electron chi connectivity index (χ3n) is 3.31. The van der Waals surface area contributed by atoms with Gasteiger partial charge < -0.3 is 19.1 Å². The first kappa shape index (κ1) is 15.4. The lowest BCUT2D eigenvalue weighted by Gasteiger charge is -2.15. The molecule has 1 aromatic heterocycles. The molecule has 0 unspecified atom stereocenters. The van der Waals surface area contributed by atoms with Crippen LogP contribution in [0.2, 0.25) is 0 Å². The fourth-order valence-electron chi connectivity index (χ4n) is 2.17. The third kappa shape index (κ3) is 3.76. The van der Waals surface area contributed by atoms with Gasteiger partial charge in [-0.05, 0) is 25.5 Å². The van der Waals surface area contributed by atoms with Crippen LogP contribution >= 0.6 is 0 Å². The molecule has 5 nitrogen and oxygen atoms in total. The van der Waals surface area contributed by atoms with Crippen molar-refractivity contribution in [3.63, 3.8) is 0 Å². The van der Waals surface area contributed by atoms with E-state index in [2.05, 4.69) is 16.5 Å². The lowest BCUT2D eigenvalue weighted by atomic mass is 10.1. The lowest BCUT2D eigenvalue weighted by molar-refractivity contribution is 0.189. The standard InChI is InChI=1S/C16H22N2O3/c1-4-7-18-11-17-9-13(18)10-21-16-8-14(20-3)5-6-15(16)12(2)19/h5-6,8-9,11-12,19H,4,7,10H2,1-3H3/t12-/m0/s1. The number of aliphatic hydroxyl groups is 1. The van der Waals surface area contributed by atoms with Crippen molar-refractivity contribution in [1.29, 1.82) is 0 Å². The van der Waals surface area contributed by atoms with Gasteiger partial charge in [0.1, 0.15) is 18.1 Å². The zero-order chi connectivity index (χ0) is 15.2. The van der Waals surface area contributed by atoms with Gasteiger partial charge in [-0.3, -0.25) is 0 Å². The Morgan fingerprint density at radius 2 is 2.19 bits per heavy atom. The van der Waals surface area contributed by atoms with Crippen LogP contribution in [0.4, 0.5) is 0 Å². The molecule has 2 aromatic rings. The van der Waals surface area contributed by atoms with E-state index < -0.39 is 6.10 Å². The molecule has 114 valence electrons. The van der Waals surface area contributed by atoms with Gasteiger partial charge in [-0.2, -0.15) is 0 Å². The van der Waals surface area contributed by atoms with Crippen LogP contribution in [0.1, 0.15) is 37.6 Å². The molecule has 0 fully saturated rings. The van der Waals surface area contributed by atoms with E-state index in [0.717, 1.165) is 24.2 Å². The molecule has 0 radical (unpaired) electrons. The number of hydrogen-bond donors (Lipinski definition) is 1. The van der Waals surface area contributed by atoms with E-state index in [9.17, 15) is 5.11 Å². The number of aryl methyl sites for hydroxylation is 1. The summed E-state index contributed by atoms with van der Waals surface area (Å²) in [6.07, 6.45) is 4.06. The van der Waals surface area contributed by atoms with Gasteiger partial charge in [0.15, 0.2) is 0 Å². The molecular formula is C16H22N2O3. The smallest absolute Gasteiger partial charge is 0.130 e. The summed E-state index contributed by atoms with van der Waals surface area (Å²) >= 11 is 0. The van der Waals surface area contributed by atoms with Crippen molar-refractivity contribution >= 4 is 0 Å². The Balaban J connectivity index is 2.16. The number of benzene rings is 1. The highest BCUT2D eigenvalue weighted by Gasteiger charge is 2.12. The summed E-state index contributed by atoms with van der Waals surface area (Å²) in [5, 5.41) is 9.83. The van der Waals surface area contributed by atoms with Gasteiger partial charge in [0.05, 0.1) is 31.4 Å². The average molecular weight is 290 g/mol. The molecule has 5 heteroatoms. The molecular weight excluding hydrogens is 268 g/mol. The molecule has 0 aliphatic carbocycles. The fourth-order valence-corrected chi connectivity index (χ4v) is 2.17. The van der Waals surface area contributed by atoms with Crippen LogP contribution in [0.15, 0.2) is 30.7 Å². The summed E-state index contributed by atoms with van der Waals surface area (Å²) in [7, 11) is 1.61. The van der Waals surface area contributed by atoms with Crippen LogP contribution in [-0.2, 0) is 13.2 Å². The van der Waals surface area contributed by atoms with Crippen LogP contribution in [0.3, 0.4) is 0 Å². The minimum Gasteiger partial charge on any atom is -0.497 e. The van der Waals surface area contributed by atoms with Gasteiger partial charge in [0.25, 0.3) is 0 Å². The van der Waals surface area contributed by atoms with Crippen LogP contribution in [0.5, 0.6) is 11.5 Å². The molecule has 0 saturated carbocycles. The van der Waals surface area contributed by atoms with Gasteiger partial charge in [-0.25, -0.2) is 4.98 Å². The summed E-state index contributed by atoms with van der Waals surface area (Å²) in [5.41, 5.74) is 1.76. The Kier molecular flexibility index (Phi) is 5.22. The monoisotopic (exact) mass is 290 g/mol. The van der Waals surface area contributed by atoms with Gasteiger partial charge in [0, 0.05) is 18.2 Å². The number of methoxy groups -OCH3 is 1. The number of aliphatic hydroxyl groups excluding tert-OH is 1. The van der Waals surface area contributed by atoms with Gasteiger partial charge >= 0.3 is 0 Å². The van der Waals surface area contributed by atoms with Crippen molar-refractivity contribution in [3.05, 3.63) is 42.0 Å². The van der Waals surface area contributed by atoms with E-state index in [4.69, 9.17) is 9.47 Å². The fraction of sp³-hybridized carbons (Fsp3) is 0.438. The predicted molar refractivity (Wildman–Crippen MR) is 80.5 cm³/mol. The third-order valence-corrected chi connectivity index (χ3v) is 3.31. The van der Waals surface area contributed by atoms with Crippen LogP contribution in [0.25, 0.3) is 0 Å². The first-order valence-corrected chi connectivity index (χ1v) is 7.13. The highest BCUT2D eigenvalue weighted by molar-refractivity contribution is 5.41. The summed E-state index contributed by atoms with van der Waals surface area (Å²) < 4.78 is 13.2. The van der Waals surface area contributed by atoms with E-state index in [1.807, 2.05) is 18.5 Å². The predicted octanol–water partition coefficient (Wildman–Crippen LogP) is 2.93. The van der Waals surface area contributed by atoms with Crippen LogP contribution in [-0.4, -0.2) is 21.8 Å². The molecule has 0 saturated heterocycles. The number of nitrogens with zero attached hydrogens (tertiary/aromatic N) is 2. The second-order valence-corrected chi connectivity index (χ2v) is 4.95.